The molecule has 0 aliphatic rings. The molecular formula is C16H11F4N3O2. The van der Waals surface area contributed by atoms with E-state index in [-0.39, 0.29) is 11.2 Å². The van der Waals surface area contributed by atoms with Crippen molar-refractivity contribution < 1.29 is 27.1 Å². The second-order valence-corrected chi connectivity index (χ2v) is 5.22. The SMILES string of the molecule is CC(OC(=O)c1cnn2c(C(F)(F)F)ccnc12)c1ccc(F)cc1. The van der Waals surface area contributed by atoms with Crippen LogP contribution in [-0.2, 0) is 10.9 Å². The summed E-state index contributed by atoms with van der Waals surface area (Å²) in [5, 5.41) is 3.58. The lowest BCUT2D eigenvalue weighted by atomic mass is 10.1. The van der Waals surface area contributed by atoms with Gasteiger partial charge in [-0.2, -0.15) is 18.3 Å². The van der Waals surface area contributed by atoms with E-state index in [2.05, 4.69) is 10.1 Å². The fourth-order valence-corrected chi connectivity index (χ4v) is 2.28. The number of fused-ring (bicyclic) bond motifs is 1. The molecular weight excluding hydrogens is 342 g/mol. The summed E-state index contributed by atoms with van der Waals surface area (Å²) in [5.74, 6) is -1.31. The number of aromatic nitrogens is 3. The number of halogens is 4. The van der Waals surface area contributed by atoms with Crippen LogP contribution in [0, 0.1) is 5.82 Å². The van der Waals surface area contributed by atoms with Crippen molar-refractivity contribution in [2.75, 3.05) is 0 Å². The van der Waals surface area contributed by atoms with Gasteiger partial charge in [0.15, 0.2) is 5.65 Å². The highest BCUT2D eigenvalue weighted by Crippen LogP contribution is 2.29. The van der Waals surface area contributed by atoms with Crippen LogP contribution in [0.2, 0.25) is 0 Å². The van der Waals surface area contributed by atoms with Gasteiger partial charge in [-0.25, -0.2) is 18.7 Å². The van der Waals surface area contributed by atoms with Crippen LogP contribution in [0.3, 0.4) is 0 Å². The molecule has 1 unspecified atom stereocenters. The van der Waals surface area contributed by atoms with Gasteiger partial charge in [0, 0.05) is 6.20 Å². The topological polar surface area (TPSA) is 56.5 Å². The number of ether oxygens (including phenoxy) is 1. The van der Waals surface area contributed by atoms with E-state index in [9.17, 15) is 22.4 Å². The Balaban J connectivity index is 1.89. The molecule has 0 saturated heterocycles. The van der Waals surface area contributed by atoms with Crippen LogP contribution in [0.15, 0.2) is 42.7 Å². The van der Waals surface area contributed by atoms with Gasteiger partial charge in [-0.05, 0) is 30.7 Å². The maximum atomic E-state index is 13.0. The van der Waals surface area contributed by atoms with Crippen LogP contribution in [0.1, 0.15) is 34.6 Å². The molecule has 0 saturated carbocycles. The lowest BCUT2D eigenvalue weighted by Gasteiger charge is -2.13. The van der Waals surface area contributed by atoms with Crippen LogP contribution < -0.4 is 0 Å². The summed E-state index contributed by atoms with van der Waals surface area (Å²) in [7, 11) is 0. The van der Waals surface area contributed by atoms with E-state index >= 15 is 0 Å². The Bertz CT molecular complexity index is 919. The third-order valence-electron chi connectivity index (χ3n) is 3.53. The number of esters is 1. The van der Waals surface area contributed by atoms with E-state index in [0.29, 0.717) is 10.1 Å². The summed E-state index contributed by atoms with van der Waals surface area (Å²) >= 11 is 0. The minimum absolute atomic E-state index is 0.194. The highest BCUT2D eigenvalue weighted by atomic mass is 19.4. The molecule has 0 bridgehead atoms. The van der Waals surface area contributed by atoms with Gasteiger partial charge in [-0.15, -0.1) is 0 Å². The van der Waals surface area contributed by atoms with Crippen molar-refractivity contribution in [3.8, 4) is 0 Å². The number of alkyl halides is 3. The molecule has 0 aliphatic carbocycles. The number of benzene rings is 1. The van der Waals surface area contributed by atoms with Crippen LogP contribution >= 0.6 is 0 Å². The van der Waals surface area contributed by atoms with Crippen LogP contribution in [0.5, 0.6) is 0 Å². The Labute approximate surface area is 138 Å². The van der Waals surface area contributed by atoms with Crippen molar-refractivity contribution in [1.82, 2.24) is 14.6 Å². The number of rotatable bonds is 3. The Kier molecular flexibility index (Phi) is 4.15. The lowest BCUT2D eigenvalue weighted by molar-refractivity contribution is -0.142. The van der Waals surface area contributed by atoms with E-state index < -0.39 is 29.8 Å². The molecule has 3 aromatic rings. The summed E-state index contributed by atoms with van der Waals surface area (Å²) in [6.07, 6.45) is -3.46. The molecule has 0 aliphatic heterocycles. The average Bonchev–Trinajstić information content (AvgIpc) is 2.98. The van der Waals surface area contributed by atoms with Crippen LogP contribution in [0.25, 0.3) is 5.65 Å². The summed E-state index contributed by atoms with van der Waals surface area (Å²) in [4.78, 5) is 16.0. The van der Waals surface area contributed by atoms with E-state index in [1.165, 1.54) is 24.3 Å². The van der Waals surface area contributed by atoms with E-state index in [1.807, 2.05) is 0 Å². The maximum Gasteiger partial charge on any atom is 0.433 e. The second-order valence-electron chi connectivity index (χ2n) is 5.22. The highest BCUT2D eigenvalue weighted by Gasteiger charge is 2.35. The Morgan fingerprint density at radius 2 is 1.88 bits per heavy atom. The molecule has 9 heteroatoms. The fourth-order valence-electron chi connectivity index (χ4n) is 2.28. The van der Waals surface area contributed by atoms with Crippen molar-refractivity contribution in [2.24, 2.45) is 0 Å². The molecule has 5 nitrogen and oxygen atoms in total. The first-order chi connectivity index (χ1) is 11.8. The maximum absolute atomic E-state index is 13.0. The Morgan fingerprint density at radius 3 is 2.52 bits per heavy atom. The summed E-state index contributed by atoms with van der Waals surface area (Å²) in [6.45, 7) is 1.56. The summed E-state index contributed by atoms with van der Waals surface area (Å²) < 4.78 is 57.6. The first-order valence-electron chi connectivity index (χ1n) is 7.14. The van der Waals surface area contributed by atoms with Crippen molar-refractivity contribution in [1.29, 1.82) is 0 Å². The first kappa shape index (κ1) is 16.9. The van der Waals surface area contributed by atoms with Crippen molar-refractivity contribution in [2.45, 2.75) is 19.2 Å². The molecule has 0 spiro atoms. The quantitative estimate of drug-likeness (QED) is 0.531. The van der Waals surface area contributed by atoms with Gasteiger partial charge in [0.2, 0.25) is 0 Å². The predicted molar refractivity (Wildman–Crippen MR) is 78.2 cm³/mol. The molecule has 1 atom stereocenters. The van der Waals surface area contributed by atoms with Gasteiger partial charge in [0.1, 0.15) is 23.2 Å². The zero-order valence-corrected chi connectivity index (χ0v) is 12.8. The fraction of sp³-hybridized carbons (Fsp3) is 0.188. The van der Waals surface area contributed by atoms with Crippen molar-refractivity contribution >= 4 is 11.6 Å². The highest BCUT2D eigenvalue weighted by molar-refractivity contribution is 5.95. The molecule has 0 N–H and O–H groups in total. The Hall–Kier alpha value is -2.97. The third-order valence-corrected chi connectivity index (χ3v) is 3.53. The molecule has 2 heterocycles. The molecule has 0 radical (unpaired) electrons. The van der Waals surface area contributed by atoms with Gasteiger partial charge in [-0.1, -0.05) is 12.1 Å². The zero-order chi connectivity index (χ0) is 18.2. The molecule has 25 heavy (non-hydrogen) atoms. The van der Waals surface area contributed by atoms with Crippen molar-refractivity contribution in [3.05, 3.63) is 65.4 Å². The number of carbonyl (C=O) groups is 1. The third kappa shape index (κ3) is 3.30. The number of hydrogen-bond donors (Lipinski definition) is 0. The Morgan fingerprint density at radius 1 is 1.20 bits per heavy atom. The van der Waals surface area contributed by atoms with Gasteiger partial charge in [0.25, 0.3) is 0 Å². The molecule has 0 fully saturated rings. The minimum atomic E-state index is -4.64. The largest absolute Gasteiger partial charge is 0.454 e. The molecule has 0 amide bonds. The standard InChI is InChI=1S/C16H11F4N3O2/c1-9(10-2-4-11(17)5-3-10)25-15(24)12-8-22-23-13(16(18,19)20)6-7-21-14(12)23/h2-9H,1H3. The van der Waals surface area contributed by atoms with Gasteiger partial charge >= 0.3 is 12.1 Å². The van der Waals surface area contributed by atoms with E-state index in [1.54, 1.807) is 6.92 Å². The molecule has 2 aromatic heterocycles. The van der Waals surface area contributed by atoms with E-state index in [0.717, 1.165) is 18.5 Å². The van der Waals surface area contributed by atoms with E-state index in [4.69, 9.17) is 4.74 Å². The smallest absolute Gasteiger partial charge is 0.433 e. The number of nitrogens with zero attached hydrogens (tertiary/aromatic N) is 3. The van der Waals surface area contributed by atoms with Crippen LogP contribution in [0.4, 0.5) is 17.6 Å². The summed E-state index contributed by atoms with van der Waals surface area (Å²) in [6, 6.07) is 6.08. The van der Waals surface area contributed by atoms with Gasteiger partial charge in [-0.3, -0.25) is 0 Å². The summed E-state index contributed by atoms with van der Waals surface area (Å²) in [5.41, 5.74) is -0.968. The molecule has 3 rings (SSSR count). The second kappa shape index (κ2) is 6.15. The molecule has 1 aromatic carbocycles. The normalized spacial score (nSPS) is 13.0. The number of carbonyl (C=O) groups excluding carboxylic acids is 1. The predicted octanol–water partition coefficient (Wildman–Crippen LogP) is 3.81. The van der Waals surface area contributed by atoms with Gasteiger partial charge in [0.05, 0.1) is 6.20 Å². The van der Waals surface area contributed by atoms with Crippen molar-refractivity contribution in [3.63, 3.8) is 0 Å². The monoisotopic (exact) mass is 353 g/mol. The molecule has 130 valence electrons. The average molecular weight is 353 g/mol. The van der Waals surface area contributed by atoms with Gasteiger partial charge < -0.3 is 4.74 Å². The lowest BCUT2D eigenvalue weighted by Crippen LogP contribution is -2.14. The van der Waals surface area contributed by atoms with Crippen LogP contribution in [-0.4, -0.2) is 20.6 Å². The first-order valence-corrected chi connectivity index (χ1v) is 7.14. The number of hydrogen-bond acceptors (Lipinski definition) is 4. The zero-order valence-electron chi connectivity index (χ0n) is 12.8. The minimum Gasteiger partial charge on any atom is -0.454 e.